The van der Waals surface area contributed by atoms with Gasteiger partial charge in [0, 0.05) is 18.3 Å². The number of ether oxygens (including phenoxy) is 1. The molecule has 9 nitrogen and oxygen atoms in total. The van der Waals surface area contributed by atoms with Crippen molar-refractivity contribution in [3.63, 3.8) is 0 Å². The summed E-state index contributed by atoms with van der Waals surface area (Å²) in [5, 5.41) is 7.45. The van der Waals surface area contributed by atoms with Gasteiger partial charge in [0.2, 0.25) is 5.91 Å². The van der Waals surface area contributed by atoms with Crippen LogP contribution in [0.25, 0.3) is 11.5 Å². The minimum atomic E-state index is -0.761. The minimum absolute atomic E-state index is 0.0121. The maximum Gasteiger partial charge on any atom is 0.284 e. The highest BCUT2D eigenvalue weighted by Gasteiger charge is 2.53. The lowest BCUT2D eigenvalue weighted by Crippen LogP contribution is -2.46. The molecule has 33 heavy (non-hydrogen) atoms. The topological polar surface area (TPSA) is 129 Å². The van der Waals surface area contributed by atoms with Crippen molar-refractivity contribution >= 4 is 29.2 Å². The van der Waals surface area contributed by atoms with Gasteiger partial charge >= 0.3 is 0 Å². The van der Waals surface area contributed by atoms with E-state index in [1.165, 1.54) is 11.1 Å². The van der Waals surface area contributed by atoms with Gasteiger partial charge in [0.25, 0.3) is 5.91 Å². The summed E-state index contributed by atoms with van der Waals surface area (Å²) in [5.74, 6) is -1.60. The first-order valence-corrected chi connectivity index (χ1v) is 11.7. The number of amides is 2. The Morgan fingerprint density at radius 3 is 2.73 bits per heavy atom. The zero-order valence-electron chi connectivity index (χ0n) is 18.0. The molecule has 2 N–H and O–H groups in total. The first-order valence-electron chi connectivity index (χ1n) is 11.3. The number of furan rings is 1. The summed E-state index contributed by atoms with van der Waals surface area (Å²) in [6, 6.07) is 4.37. The first-order chi connectivity index (χ1) is 16.0. The third-order valence-electron chi connectivity index (χ3n) is 6.94. The van der Waals surface area contributed by atoms with Crippen molar-refractivity contribution in [1.82, 2.24) is 15.1 Å². The van der Waals surface area contributed by atoms with E-state index in [9.17, 15) is 14.4 Å². The average molecular weight is 473 g/mol. The number of aromatic nitrogens is 2. The van der Waals surface area contributed by atoms with Crippen LogP contribution in [0.1, 0.15) is 54.1 Å². The number of ketones is 1. The quantitative estimate of drug-likeness (QED) is 0.661. The van der Waals surface area contributed by atoms with E-state index in [2.05, 4.69) is 10.2 Å². The summed E-state index contributed by atoms with van der Waals surface area (Å²) in [6.45, 7) is 0.164. The molecule has 4 atom stereocenters. The maximum absolute atomic E-state index is 14.0. The standard InChI is InChI=1S/C23H25ClN4O5/c24-14-10-28(19-16(29)11-32-21(14)19)23(31)18(12-5-2-1-3-6-12)13-9-17(33-20(13)22(25)30)15-7-4-8-26-27-15/h4,7-9,12,14,18-19,21H,1-3,5-6,10-11H2,(H2,25,30)/t14-,18-,19+,21+/m0/s1. The van der Waals surface area contributed by atoms with Crippen LogP contribution in [0.4, 0.5) is 0 Å². The fourth-order valence-corrected chi connectivity index (χ4v) is 5.81. The van der Waals surface area contributed by atoms with Gasteiger partial charge in [-0.05, 0) is 37.0 Å². The Bertz CT molecular complexity index is 1070. The summed E-state index contributed by atoms with van der Waals surface area (Å²) in [7, 11) is 0. The van der Waals surface area contributed by atoms with Gasteiger partial charge in [-0.1, -0.05) is 19.3 Å². The third kappa shape index (κ3) is 3.93. The van der Waals surface area contributed by atoms with Crippen molar-refractivity contribution in [1.29, 1.82) is 0 Å². The predicted molar refractivity (Wildman–Crippen MR) is 117 cm³/mol. The summed E-state index contributed by atoms with van der Waals surface area (Å²) < 4.78 is 11.4. The molecule has 174 valence electrons. The molecule has 2 saturated heterocycles. The molecule has 1 saturated carbocycles. The van der Waals surface area contributed by atoms with E-state index in [-0.39, 0.29) is 36.5 Å². The molecule has 3 fully saturated rings. The number of nitrogens with zero attached hydrogens (tertiary/aromatic N) is 3. The molecule has 5 rings (SSSR count). The van der Waals surface area contributed by atoms with Crippen molar-refractivity contribution in [2.45, 2.75) is 55.5 Å². The van der Waals surface area contributed by atoms with E-state index in [0.717, 1.165) is 32.1 Å². The van der Waals surface area contributed by atoms with Gasteiger partial charge in [0.05, 0.1) is 11.3 Å². The number of alkyl halides is 1. The average Bonchev–Trinajstić information content (AvgIpc) is 3.52. The molecule has 2 aromatic heterocycles. The molecule has 2 aliphatic heterocycles. The zero-order valence-corrected chi connectivity index (χ0v) is 18.7. The fraction of sp³-hybridized carbons (Fsp3) is 0.522. The number of halogens is 1. The molecule has 0 unspecified atom stereocenters. The molecule has 10 heteroatoms. The summed E-state index contributed by atoms with van der Waals surface area (Å²) >= 11 is 6.44. The molecule has 2 aromatic rings. The molecule has 3 aliphatic rings. The number of nitrogens with two attached hydrogens (primary N) is 1. The second-order valence-corrected chi connectivity index (χ2v) is 9.50. The number of Topliss-reactive ketones (excluding diaryl/α,β-unsaturated/α-hetero) is 1. The summed E-state index contributed by atoms with van der Waals surface area (Å²) in [4.78, 5) is 40.5. The highest BCUT2D eigenvalue weighted by atomic mass is 35.5. The van der Waals surface area contributed by atoms with E-state index in [1.54, 1.807) is 18.2 Å². The highest BCUT2D eigenvalue weighted by Crippen LogP contribution is 2.43. The third-order valence-corrected chi connectivity index (χ3v) is 7.32. The Labute approximate surface area is 195 Å². The summed E-state index contributed by atoms with van der Waals surface area (Å²) in [6.07, 6.45) is 5.76. The van der Waals surface area contributed by atoms with Crippen LogP contribution in [0.3, 0.4) is 0 Å². The Morgan fingerprint density at radius 2 is 2.03 bits per heavy atom. The van der Waals surface area contributed by atoms with Crippen LogP contribution in [-0.2, 0) is 14.3 Å². The SMILES string of the molecule is NC(=O)c1oc(-c2cccnn2)cc1[C@@H](C(=O)N1C[C@H](Cl)[C@H]2OCC(=O)[C@H]21)C1CCCCC1. The lowest BCUT2D eigenvalue weighted by Gasteiger charge is -2.33. The number of likely N-dealkylation sites (tertiary alicyclic amines) is 1. The van der Waals surface area contributed by atoms with E-state index < -0.39 is 29.3 Å². The first kappa shape index (κ1) is 22.0. The molecular weight excluding hydrogens is 448 g/mol. The van der Waals surface area contributed by atoms with Crippen molar-refractivity contribution in [3.8, 4) is 11.5 Å². The molecule has 0 radical (unpaired) electrons. The van der Waals surface area contributed by atoms with Crippen LogP contribution in [0.15, 0.2) is 28.8 Å². The van der Waals surface area contributed by atoms with Crippen molar-refractivity contribution < 1.29 is 23.5 Å². The minimum Gasteiger partial charge on any atom is -0.449 e. The second-order valence-electron chi connectivity index (χ2n) is 8.94. The van der Waals surface area contributed by atoms with Crippen LogP contribution in [0.2, 0.25) is 0 Å². The molecule has 0 aromatic carbocycles. The number of fused-ring (bicyclic) bond motifs is 1. The molecule has 0 spiro atoms. The lowest BCUT2D eigenvalue weighted by molar-refractivity contribution is -0.139. The van der Waals surface area contributed by atoms with Gasteiger partial charge in [-0.15, -0.1) is 16.7 Å². The largest absolute Gasteiger partial charge is 0.449 e. The summed E-state index contributed by atoms with van der Waals surface area (Å²) in [5.41, 5.74) is 6.53. The smallest absolute Gasteiger partial charge is 0.284 e. The maximum atomic E-state index is 14.0. The Kier molecular flexibility index (Phi) is 5.92. The molecule has 1 aliphatic carbocycles. The van der Waals surface area contributed by atoms with Gasteiger partial charge in [-0.3, -0.25) is 14.4 Å². The molecular formula is C23H25ClN4O5. The monoisotopic (exact) mass is 472 g/mol. The Balaban J connectivity index is 1.57. The predicted octanol–water partition coefficient (Wildman–Crippen LogP) is 2.29. The molecule has 2 amide bonds. The van der Waals surface area contributed by atoms with Crippen LogP contribution in [0.5, 0.6) is 0 Å². The number of rotatable bonds is 5. The Morgan fingerprint density at radius 1 is 1.24 bits per heavy atom. The fourth-order valence-electron chi connectivity index (χ4n) is 5.45. The van der Waals surface area contributed by atoms with Gasteiger partial charge < -0.3 is 19.8 Å². The van der Waals surface area contributed by atoms with Crippen molar-refractivity contribution in [2.75, 3.05) is 13.2 Å². The van der Waals surface area contributed by atoms with Crippen LogP contribution in [-0.4, -0.2) is 63.4 Å². The number of primary amides is 1. The second kappa shape index (κ2) is 8.87. The highest BCUT2D eigenvalue weighted by molar-refractivity contribution is 6.22. The van der Waals surface area contributed by atoms with Crippen molar-refractivity contribution in [2.24, 2.45) is 11.7 Å². The van der Waals surface area contributed by atoms with E-state index in [1.807, 2.05) is 0 Å². The Hall–Kier alpha value is -2.78. The van der Waals surface area contributed by atoms with Gasteiger partial charge in [0.15, 0.2) is 17.3 Å². The van der Waals surface area contributed by atoms with Crippen molar-refractivity contribution in [3.05, 3.63) is 35.7 Å². The van der Waals surface area contributed by atoms with Crippen LogP contribution in [0, 0.1) is 5.92 Å². The molecule has 0 bridgehead atoms. The van der Waals surface area contributed by atoms with Crippen LogP contribution < -0.4 is 5.73 Å². The number of carbonyl (C=O) groups excluding carboxylic acids is 3. The van der Waals surface area contributed by atoms with Crippen LogP contribution >= 0.6 is 11.6 Å². The normalized spacial score (nSPS) is 26.4. The lowest BCUT2D eigenvalue weighted by atomic mass is 9.75. The number of hydrogen-bond donors (Lipinski definition) is 1. The van der Waals surface area contributed by atoms with Gasteiger partial charge in [-0.25, -0.2) is 0 Å². The number of carbonyl (C=O) groups is 3. The molecule has 4 heterocycles. The van der Waals surface area contributed by atoms with E-state index in [4.69, 9.17) is 26.5 Å². The van der Waals surface area contributed by atoms with E-state index >= 15 is 0 Å². The van der Waals surface area contributed by atoms with Gasteiger partial charge in [-0.2, -0.15) is 5.10 Å². The zero-order chi connectivity index (χ0) is 23.1. The van der Waals surface area contributed by atoms with E-state index in [0.29, 0.717) is 17.0 Å². The van der Waals surface area contributed by atoms with Gasteiger partial charge in [0.1, 0.15) is 24.4 Å². The number of hydrogen-bond acceptors (Lipinski definition) is 7.